The Morgan fingerprint density at radius 1 is 0.520 bits per heavy atom. The van der Waals surface area contributed by atoms with Crippen LogP contribution < -0.4 is 0 Å². The van der Waals surface area contributed by atoms with Crippen molar-refractivity contribution in [2.75, 3.05) is 19.8 Å². The van der Waals surface area contributed by atoms with Gasteiger partial charge in [0.1, 0.15) is 18.3 Å². The van der Waals surface area contributed by atoms with Crippen LogP contribution in [0.15, 0.2) is 73.5 Å². The summed E-state index contributed by atoms with van der Waals surface area (Å²) in [6, 6.07) is 0. The maximum absolute atomic E-state index is 8.48. The van der Waals surface area contributed by atoms with Crippen LogP contribution in [0.3, 0.4) is 0 Å². The van der Waals surface area contributed by atoms with Gasteiger partial charge in [-0.25, -0.2) is 0 Å². The summed E-state index contributed by atoms with van der Waals surface area (Å²) in [5.74, 6) is 0. The third-order valence-corrected chi connectivity index (χ3v) is 2.85. The van der Waals surface area contributed by atoms with Crippen molar-refractivity contribution in [3.05, 3.63) is 73.5 Å². The fourth-order valence-electron chi connectivity index (χ4n) is 1.59. The van der Waals surface area contributed by atoms with Crippen LogP contribution in [-0.2, 0) is 14.2 Å². The second-order valence-electron chi connectivity index (χ2n) is 4.71. The normalized spacial score (nSPS) is 24.4. The zero-order valence-electron chi connectivity index (χ0n) is 14.1. The summed E-state index contributed by atoms with van der Waals surface area (Å²) < 4.78 is 14.7. The second-order valence-corrected chi connectivity index (χ2v) is 4.71. The van der Waals surface area contributed by atoms with E-state index in [1.54, 1.807) is 55.2 Å². The molecule has 3 heterocycles. The number of ether oxygens (including phenoxy) is 3. The summed E-state index contributed by atoms with van der Waals surface area (Å²) in [4.78, 5) is 0. The van der Waals surface area contributed by atoms with Gasteiger partial charge in [-0.2, -0.15) is 0 Å². The van der Waals surface area contributed by atoms with E-state index in [4.69, 9.17) is 29.5 Å². The molecule has 3 aliphatic heterocycles. The molecule has 4 atom stereocenters. The van der Waals surface area contributed by atoms with E-state index in [2.05, 4.69) is 0 Å². The second kappa shape index (κ2) is 15.8. The van der Waals surface area contributed by atoms with Gasteiger partial charge in [0.2, 0.25) is 0 Å². The van der Waals surface area contributed by atoms with E-state index in [9.17, 15) is 0 Å². The average molecular weight is 414 g/mol. The summed E-state index contributed by atoms with van der Waals surface area (Å²) >= 11 is 0. The molecule has 25 heavy (non-hydrogen) atoms. The van der Waals surface area contributed by atoms with Crippen molar-refractivity contribution in [2.45, 2.75) is 18.3 Å². The standard InChI is InChI=1S/3C6H8O2.AsH3/c3*7-5-6-3-1-2-4-8-6;/h3*1-4,6-7H,5H2;1H3. The summed E-state index contributed by atoms with van der Waals surface area (Å²) in [7, 11) is 0. The van der Waals surface area contributed by atoms with E-state index in [1.807, 2.05) is 18.2 Å². The Labute approximate surface area is 159 Å². The number of aliphatic hydroxyl groups is 3. The third-order valence-electron chi connectivity index (χ3n) is 2.85. The van der Waals surface area contributed by atoms with E-state index in [-0.39, 0.29) is 56.1 Å². The molecule has 6 nitrogen and oxygen atoms in total. The van der Waals surface area contributed by atoms with Gasteiger partial charge in [-0.05, 0) is 36.5 Å². The zero-order valence-corrected chi connectivity index (χ0v) is 17.0. The Morgan fingerprint density at radius 2 is 0.800 bits per heavy atom. The molecule has 3 aliphatic rings. The van der Waals surface area contributed by atoms with Gasteiger partial charge in [0, 0.05) is 0 Å². The summed E-state index contributed by atoms with van der Waals surface area (Å²) in [5, 5.41) is 25.4. The van der Waals surface area contributed by atoms with Crippen LogP contribution in [0.5, 0.6) is 0 Å². The summed E-state index contributed by atoms with van der Waals surface area (Å²) in [6.07, 6.45) is 20.7. The third kappa shape index (κ3) is 11.5. The van der Waals surface area contributed by atoms with Crippen molar-refractivity contribution in [2.24, 2.45) is 0 Å². The molecule has 0 bridgehead atoms. The van der Waals surface area contributed by atoms with Crippen LogP contribution in [0.2, 0.25) is 0 Å². The number of hydrogen-bond donors (Lipinski definition) is 3. The molecule has 0 saturated carbocycles. The van der Waals surface area contributed by atoms with E-state index in [0.717, 1.165) is 0 Å². The quantitative estimate of drug-likeness (QED) is 0.571. The Morgan fingerprint density at radius 3 is 0.920 bits per heavy atom. The Balaban J connectivity index is 0.000000339. The molecule has 3 N–H and O–H groups in total. The van der Waals surface area contributed by atoms with E-state index < -0.39 is 0 Å². The molecule has 0 fully saturated rings. The molecule has 0 aromatic heterocycles. The fourth-order valence-corrected chi connectivity index (χ4v) is 1.59. The molecule has 3 rings (SSSR count). The van der Waals surface area contributed by atoms with Gasteiger partial charge < -0.3 is 29.5 Å². The first kappa shape index (κ1) is 23.3. The summed E-state index contributed by atoms with van der Waals surface area (Å²) in [5.41, 5.74) is 0. The number of aliphatic hydroxyl groups excluding tert-OH is 3. The van der Waals surface area contributed by atoms with Gasteiger partial charge in [-0.3, -0.25) is 0 Å². The average Bonchev–Trinajstić information content (AvgIpc) is 2.71. The van der Waals surface area contributed by atoms with Crippen LogP contribution in [0.4, 0.5) is 0 Å². The SMILES string of the molecule is OCC1C=CC=CO1.OCC1C=CC=CO1.OCC1C=CC=CO1.[AsH3]. The first-order chi connectivity index (χ1) is 11.8. The van der Waals surface area contributed by atoms with Crippen molar-refractivity contribution in [3.63, 3.8) is 0 Å². The molecule has 0 radical (unpaired) electrons. The van der Waals surface area contributed by atoms with Gasteiger partial charge in [0.15, 0.2) is 0 Å². The molecule has 0 saturated heterocycles. The van der Waals surface area contributed by atoms with Crippen LogP contribution in [0.25, 0.3) is 0 Å². The van der Waals surface area contributed by atoms with Gasteiger partial charge in [0.05, 0.1) is 38.6 Å². The topological polar surface area (TPSA) is 88.4 Å². The van der Waals surface area contributed by atoms with Gasteiger partial charge >= 0.3 is 18.0 Å². The maximum atomic E-state index is 8.48. The molecular formula is C18H27AsO6. The van der Waals surface area contributed by atoms with E-state index >= 15 is 0 Å². The van der Waals surface area contributed by atoms with Crippen molar-refractivity contribution in [3.8, 4) is 0 Å². The van der Waals surface area contributed by atoms with Crippen LogP contribution in [-0.4, -0.2) is 71.4 Å². The molecular weight excluding hydrogens is 387 g/mol. The number of hydrogen-bond acceptors (Lipinski definition) is 6. The Bertz CT molecular complexity index is 424. The van der Waals surface area contributed by atoms with Gasteiger partial charge in [-0.15, -0.1) is 0 Å². The summed E-state index contributed by atoms with van der Waals surface area (Å²) in [6.45, 7) is 0.169. The van der Waals surface area contributed by atoms with Gasteiger partial charge in [0.25, 0.3) is 0 Å². The predicted octanol–water partition coefficient (Wildman–Crippen LogP) is 0.158. The van der Waals surface area contributed by atoms with Crippen molar-refractivity contribution in [1.82, 2.24) is 0 Å². The van der Waals surface area contributed by atoms with Gasteiger partial charge in [-0.1, -0.05) is 18.2 Å². The number of allylic oxidation sites excluding steroid dienone is 6. The molecule has 0 amide bonds. The van der Waals surface area contributed by atoms with Crippen molar-refractivity contribution >= 4 is 18.0 Å². The molecule has 4 unspecified atom stereocenters. The predicted molar refractivity (Wildman–Crippen MR) is 101 cm³/mol. The van der Waals surface area contributed by atoms with Crippen molar-refractivity contribution < 1.29 is 29.5 Å². The first-order valence-corrected chi connectivity index (χ1v) is 7.59. The van der Waals surface area contributed by atoms with E-state index in [0.29, 0.717) is 0 Å². The molecule has 0 aromatic rings. The molecule has 0 aromatic carbocycles. The van der Waals surface area contributed by atoms with E-state index in [1.165, 1.54) is 0 Å². The molecule has 7 heteroatoms. The minimum atomic E-state index is -0.125. The fraction of sp³-hybridized carbons (Fsp3) is 0.333. The number of rotatable bonds is 3. The Hall–Kier alpha value is -1.72. The van der Waals surface area contributed by atoms with Crippen LogP contribution >= 0.6 is 0 Å². The van der Waals surface area contributed by atoms with Crippen molar-refractivity contribution in [1.29, 1.82) is 0 Å². The Kier molecular flexibility index (Phi) is 14.7. The molecule has 140 valence electrons. The monoisotopic (exact) mass is 414 g/mol. The molecule has 0 spiro atoms. The van der Waals surface area contributed by atoms with Crippen LogP contribution in [0, 0.1) is 0 Å². The first-order valence-electron chi connectivity index (χ1n) is 7.59. The van der Waals surface area contributed by atoms with Crippen LogP contribution in [0.1, 0.15) is 0 Å². The zero-order chi connectivity index (χ0) is 17.5. The minimum absolute atomic E-state index is 0. The molecule has 0 aliphatic carbocycles.